The second kappa shape index (κ2) is 11.7. The molecular weight excluding hydrogens is 584 g/mol. The predicted octanol–water partition coefficient (Wildman–Crippen LogP) is 2.58. The molecule has 11 nitrogen and oxygen atoms in total. The van der Waals surface area contributed by atoms with E-state index in [0.717, 1.165) is 16.7 Å². The van der Waals surface area contributed by atoms with Gasteiger partial charge in [0.15, 0.2) is 12.4 Å². The molecule has 0 spiro atoms. The van der Waals surface area contributed by atoms with Crippen LogP contribution in [0.25, 0.3) is 0 Å². The van der Waals surface area contributed by atoms with Crippen molar-refractivity contribution in [2.45, 2.75) is 60.1 Å². The fourth-order valence-corrected chi connectivity index (χ4v) is 6.91. The fourth-order valence-electron chi connectivity index (χ4n) is 3.80. The zero-order valence-electron chi connectivity index (χ0n) is 21.7. The fraction of sp³-hybridized carbons (Fsp3) is 0.308. The van der Waals surface area contributed by atoms with Gasteiger partial charge in [0, 0.05) is 0 Å². The van der Waals surface area contributed by atoms with Gasteiger partial charge in [0.2, 0.25) is 0 Å². The van der Waals surface area contributed by atoms with Crippen LogP contribution in [-0.2, 0) is 47.6 Å². The van der Waals surface area contributed by atoms with Crippen LogP contribution in [0.5, 0.6) is 0 Å². The summed E-state index contributed by atoms with van der Waals surface area (Å²) < 4.78 is 98.6. The van der Waals surface area contributed by atoms with Crippen LogP contribution in [0, 0.1) is 20.8 Å². The molecule has 4 rings (SSSR count). The SMILES string of the molecule is Cc1ccc(S(=O)(=O)OC[C@H]2O[C@@H](O)[C@@H](OS(=O)(=O)c3ccc(C)cc3)C2OS(=O)(=O)c2ccc(C)cc2)cc1. The second-order valence-corrected chi connectivity index (χ2v) is 14.0. The van der Waals surface area contributed by atoms with E-state index in [4.69, 9.17) is 17.3 Å². The van der Waals surface area contributed by atoms with Crippen molar-refractivity contribution in [2.75, 3.05) is 6.61 Å². The molecule has 1 N–H and O–H groups in total. The van der Waals surface area contributed by atoms with Crippen molar-refractivity contribution >= 4 is 30.4 Å². The lowest BCUT2D eigenvalue weighted by atomic mass is 10.1. The Bertz CT molecular complexity index is 1650. The van der Waals surface area contributed by atoms with Crippen LogP contribution in [0.1, 0.15) is 16.7 Å². The van der Waals surface area contributed by atoms with Gasteiger partial charge >= 0.3 is 0 Å². The van der Waals surface area contributed by atoms with Crippen molar-refractivity contribution < 1.29 is 47.6 Å². The number of hydrogen-bond acceptors (Lipinski definition) is 11. The van der Waals surface area contributed by atoms with Crippen molar-refractivity contribution in [1.82, 2.24) is 0 Å². The number of benzene rings is 3. The summed E-state index contributed by atoms with van der Waals surface area (Å²) in [5.41, 5.74) is 2.36. The lowest BCUT2D eigenvalue weighted by Gasteiger charge is -2.23. The minimum atomic E-state index is -4.56. The molecule has 216 valence electrons. The molecule has 1 saturated heterocycles. The Morgan fingerprint density at radius 3 is 1.35 bits per heavy atom. The summed E-state index contributed by atoms with van der Waals surface area (Å²) >= 11 is 0. The van der Waals surface area contributed by atoms with Crippen LogP contribution in [-0.4, -0.2) is 61.6 Å². The first kappa shape index (κ1) is 30.3. The number of aliphatic hydroxyl groups excluding tert-OH is 1. The van der Waals surface area contributed by atoms with Crippen LogP contribution >= 0.6 is 0 Å². The minimum absolute atomic E-state index is 0.170. The highest BCUT2D eigenvalue weighted by Crippen LogP contribution is 2.32. The second-order valence-electron chi connectivity index (χ2n) is 9.27. The van der Waals surface area contributed by atoms with Gasteiger partial charge in [-0.3, -0.25) is 12.5 Å². The quantitative estimate of drug-likeness (QED) is 0.335. The van der Waals surface area contributed by atoms with Gasteiger partial charge in [-0.15, -0.1) is 0 Å². The van der Waals surface area contributed by atoms with E-state index in [2.05, 4.69) is 0 Å². The van der Waals surface area contributed by atoms with E-state index in [1.54, 1.807) is 32.9 Å². The summed E-state index contributed by atoms with van der Waals surface area (Å²) in [6, 6.07) is 17.0. The first-order valence-electron chi connectivity index (χ1n) is 12.0. The summed E-state index contributed by atoms with van der Waals surface area (Å²) in [5, 5.41) is 10.6. The predicted molar refractivity (Wildman–Crippen MR) is 142 cm³/mol. The zero-order valence-corrected chi connectivity index (χ0v) is 24.1. The summed E-state index contributed by atoms with van der Waals surface area (Å²) in [6.45, 7) is 4.46. The topological polar surface area (TPSA) is 160 Å². The van der Waals surface area contributed by atoms with Crippen molar-refractivity contribution in [2.24, 2.45) is 0 Å². The highest BCUT2D eigenvalue weighted by Gasteiger charge is 2.51. The summed E-state index contributed by atoms with van der Waals surface area (Å²) in [7, 11) is -13.4. The van der Waals surface area contributed by atoms with E-state index in [-0.39, 0.29) is 14.7 Å². The van der Waals surface area contributed by atoms with Gasteiger partial charge in [-0.1, -0.05) is 53.1 Å². The number of aliphatic hydroxyl groups is 1. The molecule has 14 heteroatoms. The molecule has 1 aliphatic heterocycles. The standard InChI is InChI=1S/C26H28O11S3/c1-17-4-10-20(11-5-17)38(28,29)34-16-23-24(36-39(30,31)21-12-6-18(2)7-13-21)25(26(27)35-23)37-40(32,33)22-14-8-19(3)9-15-22/h4-15,23-27H,16H2,1-3H3/t23-,24?,25+,26-/m1/s1. The molecule has 40 heavy (non-hydrogen) atoms. The molecule has 1 unspecified atom stereocenters. The average Bonchev–Trinajstić information content (AvgIpc) is 3.16. The first-order chi connectivity index (χ1) is 18.7. The van der Waals surface area contributed by atoms with Gasteiger partial charge in [-0.2, -0.15) is 25.3 Å². The van der Waals surface area contributed by atoms with E-state index < -0.39 is 61.6 Å². The molecule has 0 aliphatic carbocycles. The van der Waals surface area contributed by atoms with Gasteiger partial charge in [0.05, 0.1) is 21.3 Å². The molecule has 0 amide bonds. The van der Waals surface area contributed by atoms with Crippen molar-refractivity contribution in [1.29, 1.82) is 0 Å². The Morgan fingerprint density at radius 1 is 0.600 bits per heavy atom. The van der Waals surface area contributed by atoms with Crippen LogP contribution in [0.15, 0.2) is 87.5 Å². The van der Waals surface area contributed by atoms with E-state index in [1.165, 1.54) is 60.7 Å². The number of hydrogen-bond donors (Lipinski definition) is 1. The Morgan fingerprint density at radius 2 is 0.950 bits per heavy atom. The van der Waals surface area contributed by atoms with E-state index in [1.807, 2.05) is 0 Å². The Labute approximate surface area is 233 Å². The Kier molecular flexibility index (Phi) is 8.82. The summed E-state index contributed by atoms with van der Waals surface area (Å²) in [4.78, 5) is -0.685. The lowest BCUT2D eigenvalue weighted by molar-refractivity contribution is -0.125. The maximum Gasteiger partial charge on any atom is 0.297 e. The van der Waals surface area contributed by atoms with Gasteiger partial charge in [0.25, 0.3) is 30.4 Å². The van der Waals surface area contributed by atoms with Crippen LogP contribution in [0.3, 0.4) is 0 Å². The third-order valence-corrected chi connectivity index (χ3v) is 10.0. The minimum Gasteiger partial charge on any atom is -0.366 e. The van der Waals surface area contributed by atoms with E-state index >= 15 is 0 Å². The molecule has 4 atom stereocenters. The van der Waals surface area contributed by atoms with Gasteiger partial charge in [-0.05, 0) is 57.2 Å². The highest BCUT2D eigenvalue weighted by molar-refractivity contribution is 7.87. The van der Waals surface area contributed by atoms with Crippen molar-refractivity contribution in [3.63, 3.8) is 0 Å². The Balaban J connectivity index is 1.63. The van der Waals surface area contributed by atoms with Crippen LogP contribution < -0.4 is 0 Å². The molecule has 3 aromatic rings. The molecule has 1 aliphatic rings. The van der Waals surface area contributed by atoms with Gasteiger partial charge < -0.3 is 9.84 Å². The van der Waals surface area contributed by atoms with E-state index in [9.17, 15) is 30.4 Å². The smallest absolute Gasteiger partial charge is 0.297 e. The van der Waals surface area contributed by atoms with Crippen molar-refractivity contribution in [3.05, 3.63) is 89.5 Å². The molecule has 0 aromatic heterocycles. The zero-order chi connectivity index (χ0) is 29.3. The molecular formula is C26H28O11S3. The maximum absolute atomic E-state index is 13.1. The van der Waals surface area contributed by atoms with Crippen molar-refractivity contribution in [3.8, 4) is 0 Å². The molecule has 0 saturated carbocycles. The third kappa shape index (κ3) is 6.95. The van der Waals surface area contributed by atoms with Crippen LogP contribution in [0.2, 0.25) is 0 Å². The number of aryl methyl sites for hydroxylation is 3. The molecule has 0 radical (unpaired) electrons. The summed E-state index contributed by atoms with van der Waals surface area (Å²) in [5.74, 6) is 0. The largest absolute Gasteiger partial charge is 0.366 e. The molecule has 3 aromatic carbocycles. The summed E-state index contributed by atoms with van der Waals surface area (Å²) in [6.07, 6.45) is -7.26. The highest BCUT2D eigenvalue weighted by atomic mass is 32.2. The van der Waals surface area contributed by atoms with Gasteiger partial charge in [0.1, 0.15) is 12.2 Å². The normalized spacial score (nSPS) is 21.9. The lowest BCUT2D eigenvalue weighted by Crippen LogP contribution is -2.41. The maximum atomic E-state index is 13.1. The molecule has 1 heterocycles. The number of ether oxygens (including phenoxy) is 1. The third-order valence-electron chi connectivity index (χ3n) is 6.08. The molecule has 0 bridgehead atoms. The van der Waals surface area contributed by atoms with Crippen LogP contribution in [0.4, 0.5) is 0 Å². The first-order valence-corrected chi connectivity index (χ1v) is 16.2. The number of rotatable bonds is 10. The Hall–Kier alpha value is -2.69. The average molecular weight is 613 g/mol. The van der Waals surface area contributed by atoms with E-state index in [0.29, 0.717) is 0 Å². The van der Waals surface area contributed by atoms with Gasteiger partial charge in [-0.25, -0.2) is 0 Å². The monoisotopic (exact) mass is 612 g/mol. The molecule has 1 fully saturated rings.